The van der Waals surface area contributed by atoms with E-state index >= 15 is 0 Å². The Bertz CT molecular complexity index is 641. The Labute approximate surface area is 140 Å². The summed E-state index contributed by atoms with van der Waals surface area (Å²) in [6, 6.07) is 7.58. The van der Waals surface area contributed by atoms with E-state index < -0.39 is 15.6 Å². The van der Waals surface area contributed by atoms with Crippen LogP contribution in [0.4, 0.5) is 0 Å². The van der Waals surface area contributed by atoms with E-state index in [9.17, 15) is 8.42 Å². The van der Waals surface area contributed by atoms with Gasteiger partial charge in [0, 0.05) is 25.1 Å². The number of rotatable bonds is 6. The van der Waals surface area contributed by atoms with Crippen molar-refractivity contribution in [3.63, 3.8) is 0 Å². The summed E-state index contributed by atoms with van der Waals surface area (Å²) in [5.41, 5.74) is 0.571. The summed E-state index contributed by atoms with van der Waals surface area (Å²) in [6.07, 6.45) is 0.649. The molecule has 130 valence electrons. The quantitative estimate of drug-likeness (QED) is 0.798. The third-order valence-electron chi connectivity index (χ3n) is 4.19. The summed E-state index contributed by atoms with van der Waals surface area (Å²) >= 11 is 0. The highest BCUT2D eigenvalue weighted by molar-refractivity contribution is 7.89. The molecular formula is C17H28N2O3S. The zero-order valence-corrected chi connectivity index (χ0v) is 15.6. The normalized spacial score (nSPS) is 20.4. The van der Waals surface area contributed by atoms with Crippen LogP contribution in [0.15, 0.2) is 24.3 Å². The molecule has 0 spiro atoms. The highest BCUT2D eigenvalue weighted by atomic mass is 32.2. The van der Waals surface area contributed by atoms with E-state index in [0.717, 1.165) is 11.3 Å². The third-order valence-corrected chi connectivity index (χ3v) is 6.07. The van der Waals surface area contributed by atoms with E-state index in [2.05, 4.69) is 0 Å². The van der Waals surface area contributed by atoms with Crippen molar-refractivity contribution >= 4 is 10.0 Å². The molecule has 0 bridgehead atoms. The van der Waals surface area contributed by atoms with Crippen LogP contribution >= 0.6 is 0 Å². The minimum Gasteiger partial charge on any atom is -0.487 e. The molecule has 1 aromatic carbocycles. The highest BCUT2D eigenvalue weighted by Gasteiger charge is 2.40. The van der Waals surface area contributed by atoms with E-state index in [0.29, 0.717) is 19.5 Å². The monoisotopic (exact) mass is 340 g/mol. The first-order valence-electron chi connectivity index (χ1n) is 8.08. The van der Waals surface area contributed by atoms with Crippen molar-refractivity contribution in [1.29, 1.82) is 0 Å². The smallest absolute Gasteiger partial charge is 0.214 e. The Morgan fingerprint density at radius 3 is 2.48 bits per heavy atom. The van der Waals surface area contributed by atoms with E-state index in [4.69, 9.17) is 4.74 Å². The van der Waals surface area contributed by atoms with Gasteiger partial charge in [0.05, 0.1) is 11.8 Å². The molecule has 1 unspecified atom stereocenters. The number of likely N-dealkylation sites (N-methyl/N-ethyl adjacent to an activating group) is 1. The predicted octanol–water partition coefficient (Wildman–Crippen LogP) is 2.50. The van der Waals surface area contributed by atoms with Crippen molar-refractivity contribution < 1.29 is 13.2 Å². The zero-order valence-electron chi connectivity index (χ0n) is 14.7. The number of fused-ring (bicyclic) bond motifs is 1. The molecule has 5 nitrogen and oxygen atoms in total. The number of para-hydroxylation sites is 1. The van der Waals surface area contributed by atoms with E-state index in [1.54, 1.807) is 11.2 Å². The second kappa shape index (κ2) is 6.79. The van der Waals surface area contributed by atoms with Gasteiger partial charge in [-0.2, -0.15) is 4.31 Å². The van der Waals surface area contributed by atoms with Gasteiger partial charge in [-0.3, -0.25) is 0 Å². The van der Waals surface area contributed by atoms with Crippen LogP contribution in [0.25, 0.3) is 0 Å². The lowest BCUT2D eigenvalue weighted by atomic mass is 9.89. The van der Waals surface area contributed by atoms with Crippen molar-refractivity contribution in [2.24, 2.45) is 0 Å². The summed E-state index contributed by atoms with van der Waals surface area (Å²) in [5, 5.41) is 0. The molecule has 6 heteroatoms. The largest absolute Gasteiger partial charge is 0.487 e. The molecule has 0 aromatic heterocycles. The summed E-state index contributed by atoms with van der Waals surface area (Å²) in [6.45, 7) is 6.91. The fourth-order valence-electron chi connectivity index (χ4n) is 2.97. The van der Waals surface area contributed by atoms with Crippen LogP contribution in [0.3, 0.4) is 0 Å². The molecular weight excluding hydrogens is 312 g/mol. The van der Waals surface area contributed by atoms with Gasteiger partial charge in [0.25, 0.3) is 0 Å². The van der Waals surface area contributed by atoms with Crippen LogP contribution in [-0.2, 0) is 10.0 Å². The first-order chi connectivity index (χ1) is 10.7. The number of ether oxygens (including phenoxy) is 1. The Balaban J connectivity index is 2.44. The van der Waals surface area contributed by atoms with Gasteiger partial charge in [-0.05, 0) is 40.9 Å². The topological polar surface area (TPSA) is 49.9 Å². The van der Waals surface area contributed by atoms with Crippen molar-refractivity contribution in [2.45, 2.75) is 38.8 Å². The molecule has 0 saturated heterocycles. The minimum atomic E-state index is -3.30. The van der Waals surface area contributed by atoms with Crippen molar-refractivity contribution in [1.82, 2.24) is 9.21 Å². The average molecular weight is 340 g/mol. The van der Waals surface area contributed by atoms with Gasteiger partial charge in [-0.15, -0.1) is 0 Å². The number of hydrogen-bond acceptors (Lipinski definition) is 4. The molecule has 1 aliphatic heterocycles. The van der Waals surface area contributed by atoms with Gasteiger partial charge >= 0.3 is 0 Å². The first kappa shape index (κ1) is 18.2. The maximum Gasteiger partial charge on any atom is 0.214 e. The lowest BCUT2D eigenvalue weighted by Crippen LogP contribution is -2.46. The van der Waals surface area contributed by atoms with Gasteiger partial charge in [0.1, 0.15) is 11.4 Å². The van der Waals surface area contributed by atoms with Crippen LogP contribution in [0, 0.1) is 0 Å². The van der Waals surface area contributed by atoms with Gasteiger partial charge < -0.3 is 9.64 Å². The van der Waals surface area contributed by atoms with Crippen LogP contribution in [0.5, 0.6) is 5.75 Å². The summed E-state index contributed by atoms with van der Waals surface area (Å²) in [4.78, 5) is 2.01. The van der Waals surface area contributed by atoms with Gasteiger partial charge in [-0.1, -0.05) is 18.2 Å². The highest BCUT2D eigenvalue weighted by Crippen LogP contribution is 2.43. The summed E-state index contributed by atoms with van der Waals surface area (Å²) in [7, 11) is 0.617. The molecule has 0 fully saturated rings. The Hall–Kier alpha value is -1.11. The molecule has 0 radical (unpaired) electrons. The molecule has 23 heavy (non-hydrogen) atoms. The molecule has 0 N–H and O–H groups in total. The fourth-order valence-corrected chi connectivity index (χ4v) is 4.24. The Morgan fingerprint density at radius 1 is 1.22 bits per heavy atom. The fraction of sp³-hybridized carbons (Fsp3) is 0.647. The van der Waals surface area contributed by atoms with E-state index in [-0.39, 0.29) is 11.8 Å². The number of hydrogen-bond donors (Lipinski definition) is 0. The average Bonchev–Trinajstić information content (AvgIpc) is 2.45. The molecule has 1 aromatic rings. The second-order valence-corrected chi connectivity index (χ2v) is 9.14. The molecule has 0 aliphatic carbocycles. The van der Waals surface area contributed by atoms with Crippen LogP contribution in [0.2, 0.25) is 0 Å². The van der Waals surface area contributed by atoms with Gasteiger partial charge in [0.2, 0.25) is 10.0 Å². The van der Waals surface area contributed by atoms with Crippen LogP contribution < -0.4 is 4.74 Å². The molecule has 1 heterocycles. The standard InChI is InChI=1S/C17H28N2O3S/c1-6-23(20,21)19(12-11-18(4)5)15-13-17(2,3)22-16-10-8-7-9-14(15)16/h7-10,15H,6,11-13H2,1-5H3. The van der Waals surface area contributed by atoms with Gasteiger partial charge in [-0.25, -0.2) is 8.42 Å². The SMILES string of the molecule is CCS(=O)(=O)N(CCN(C)C)C1CC(C)(C)Oc2ccccc21. The minimum absolute atomic E-state index is 0.111. The summed E-state index contributed by atoms with van der Waals surface area (Å²) in [5.74, 6) is 0.898. The Kier molecular flexibility index (Phi) is 5.38. The summed E-state index contributed by atoms with van der Waals surface area (Å²) < 4.78 is 33.1. The molecule has 0 saturated carbocycles. The number of sulfonamides is 1. The lowest BCUT2D eigenvalue weighted by molar-refractivity contribution is 0.0494. The van der Waals surface area contributed by atoms with E-state index in [1.165, 1.54) is 0 Å². The molecule has 0 amide bonds. The second-order valence-electron chi connectivity index (χ2n) is 6.93. The Morgan fingerprint density at radius 2 is 1.87 bits per heavy atom. The third kappa shape index (κ3) is 4.25. The number of benzene rings is 1. The maximum absolute atomic E-state index is 12.7. The van der Waals surface area contributed by atoms with Crippen molar-refractivity contribution in [3.05, 3.63) is 29.8 Å². The number of nitrogens with zero attached hydrogens (tertiary/aromatic N) is 2. The van der Waals surface area contributed by atoms with Gasteiger partial charge in [0.15, 0.2) is 0 Å². The van der Waals surface area contributed by atoms with Crippen molar-refractivity contribution in [2.75, 3.05) is 32.9 Å². The van der Waals surface area contributed by atoms with Crippen LogP contribution in [0.1, 0.15) is 38.8 Å². The maximum atomic E-state index is 12.7. The first-order valence-corrected chi connectivity index (χ1v) is 9.69. The lowest BCUT2D eigenvalue weighted by Gasteiger charge is -2.42. The predicted molar refractivity (Wildman–Crippen MR) is 93.2 cm³/mol. The van der Waals surface area contributed by atoms with Crippen molar-refractivity contribution in [3.8, 4) is 5.75 Å². The zero-order chi connectivity index (χ0) is 17.3. The molecule has 1 aliphatic rings. The van der Waals surface area contributed by atoms with Crippen LogP contribution in [-0.4, -0.2) is 56.2 Å². The van der Waals surface area contributed by atoms with E-state index in [1.807, 2.05) is 57.1 Å². The molecule has 2 rings (SSSR count). The molecule has 1 atom stereocenters.